The molecule has 29 heavy (non-hydrogen) atoms. The molecule has 0 spiro atoms. The lowest BCUT2D eigenvalue weighted by molar-refractivity contribution is -0.136. The van der Waals surface area contributed by atoms with Crippen LogP contribution >= 0.6 is 0 Å². The molecule has 2 aliphatic rings. The van der Waals surface area contributed by atoms with Gasteiger partial charge < -0.3 is 15.1 Å². The molecule has 1 saturated carbocycles. The molecule has 0 radical (unpaired) electrons. The number of nitrogens with zero attached hydrogens (tertiary/aromatic N) is 4. The molecule has 1 aromatic rings. The fourth-order valence-electron chi connectivity index (χ4n) is 4.48. The maximum Gasteiger partial charge on any atom is 0.223 e. The molecule has 1 N–H and O–H groups in total. The van der Waals surface area contributed by atoms with Crippen molar-refractivity contribution in [3.8, 4) is 0 Å². The molecule has 1 saturated heterocycles. The molecule has 7 heteroatoms. The van der Waals surface area contributed by atoms with Crippen LogP contribution in [0.3, 0.4) is 0 Å². The van der Waals surface area contributed by atoms with E-state index in [1.165, 1.54) is 32.1 Å². The van der Waals surface area contributed by atoms with Crippen molar-refractivity contribution in [2.45, 2.75) is 77.3 Å². The molecule has 1 aliphatic heterocycles. The van der Waals surface area contributed by atoms with Crippen LogP contribution in [0.5, 0.6) is 0 Å². The molecule has 2 fully saturated rings. The number of nitrogens with one attached hydrogen (secondary N) is 1. The van der Waals surface area contributed by atoms with Crippen molar-refractivity contribution >= 4 is 17.6 Å². The quantitative estimate of drug-likeness (QED) is 0.789. The van der Waals surface area contributed by atoms with Gasteiger partial charge in [0.15, 0.2) is 5.82 Å². The van der Waals surface area contributed by atoms with Gasteiger partial charge in [-0.25, -0.2) is 9.97 Å². The van der Waals surface area contributed by atoms with Gasteiger partial charge in [0, 0.05) is 40.1 Å². The van der Waals surface area contributed by atoms with Gasteiger partial charge in [0.25, 0.3) is 0 Å². The molecule has 1 unspecified atom stereocenters. The number of carbonyl (C=O) groups excluding carboxylic acids is 2. The van der Waals surface area contributed by atoms with E-state index in [1.54, 1.807) is 18.9 Å². The zero-order valence-electron chi connectivity index (χ0n) is 18.1. The normalized spacial score (nSPS) is 20.4. The Hall–Kier alpha value is -2.18. The highest BCUT2D eigenvalue weighted by atomic mass is 16.2. The minimum Gasteiger partial charge on any atom is -0.373 e. The zero-order chi connectivity index (χ0) is 20.8. The summed E-state index contributed by atoms with van der Waals surface area (Å²) in [6, 6.07) is 1.80. The fourth-order valence-corrected chi connectivity index (χ4v) is 4.48. The van der Waals surface area contributed by atoms with E-state index in [-0.39, 0.29) is 17.9 Å². The van der Waals surface area contributed by atoms with Crippen LogP contribution in [0.4, 0.5) is 5.82 Å². The van der Waals surface area contributed by atoms with Gasteiger partial charge in [-0.1, -0.05) is 19.3 Å². The van der Waals surface area contributed by atoms with Crippen LogP contribution in [0.1, 0.15) is 82.3 Å². The van der Waals surface area contributed by atoms with Crippen LogP contribution < -0.4 is 5.32 Å². The largest absolute Gasteiger partial charge is 0.373 e. The summed E-state index contributed by atoms with van der Waals surface area (Å²) >= 11 is 0. The SMILES string of the molecule is CNc1cc(CN(C)C(C)=O)nc(C2CCCCN2C(=O)CC2CCCCC2)n1. The molecule has 1 atom stereocenters. The summed E-state index contributed by atoms with van der Waals surface area (Å²) in [5, 5.41) is 3.10. The molecule has 0 bridgehead atoms. The lowest BCUT2D eigenvalue weighted by Gasteiger charge is -2.36. The van der Waals surface area contributed by atoms with Gasteiger partial charge in [0.05, 0.1) is 18.3 Å². The van der Waals surface area contributed by atoms with Crippen LogP contribution in [0.2, 0.25) is 0 Å². The maximum atomic E-state index is 13.2. The summed E-state index contributed by atoms with van der Waals surface area (Å²) in [7, 11) is 3.60. The lowest BCUT2D eigenvalue weighted by atomic mass is 9.86. The number of piperidine rings is 1. The number of aromatic nitrogens is 2. The van der Waals surface area contributed by atoms with Crippen LogP contribution in [0, 0.1) is 5.92 Å². The van der Waals surface area contributed by atoms with Crippen molar-refractivity contribution in [1.82, 2.24) is 19.8 Å². The molecule has 2 heterocycles. The Morgan fingerprint density at radius 1 is 1.14 bits per heavy atom. The van der Waals surface area contributed by atoms with Gasteiger partial charge in [-0.3, -0.25) is 9.59 Å². The van der Waals surface area contributed by atoms with Gasteiger partial charge in [-0.2, -0.15) is 0 Å². The molecule has 7 nitrogen and oxygen atoms in total. The van der Waals surface area contributed by atoms with E-state index < -0.39 is 0 Å². The summed E-state index contributed by atoms with van der Waals surface area (Å²) in [6.07, 6.45) is 9.83. The molecular formula is C22H35N5O2. The van der Waals surface area contributed by atoms with Gasteiger partial charge in [-0.15, -0.1) is 0 Å². The van der Waals surface area contributed by atoms with Crippen molar-refractivity contribution < 1.29 is 9.59 Å². The second-order valence-electron chi connectivity index (χ2n) is 8.53. The second-order valence-corrected chi connectivity index (χ2v) is 8.53. The number of rotatable bonds is 6. The monoisotopic (exact) mass is 401 g/mol. The van der Waals surface area contributed by atoms with Gasteiger partial charge in [0.2, 0.25) is 11.8 Å². The van der Waals surface area contributed by atoms with E-state index >= 15 is 0 Å². The van der Waals surface area contributed by atoms with E-state index in [1.807, 2.05) is 18.0 Å². The van der Waals surface area contributed by atoms with Crippen molar-refractivity contribution in [3.63, 3.8) is 0 Å². The first-order chi connectivity index (χ1) is 14.0. The highest BCUT2D eigenvalue weighted by Crippen LogP contribution is 2.33. The number of likely N-dealkylation sites (tertiary alicyclic amines) is 1. The predicted octanol–water partition coefficient (Wildman–Crippen LogP) is 3.52. The predicted molar refractivity (Wildman–Crippen MR) is 113 cm³/mol. The Morgan fingerprint density at radius 2 is 1.86 bits per heavy atom. The summed E-state index contributed by atoms with van der Waals surface area (Å²) in [4.78, 5) is 37.9. The molecule has 1 aromatic heterocycles. The van der Waals surface area contributed by atoms with E-state index in [2.05, 4.69) is 10.3 Å². The fraction of sp³-hybridized carbons (Fsp3) is 0.727. The molecule has 1 aliphatic carbocycles. The number of hydrogen-bond acceptors (Lipinski definition) is 5. The molecule has 2 amide bonds. The number of anilines is 1. The first-order valence-electron chi connectivity index (χ1n) is 11.0. The van der Waals surface area contributed by atoms with E-state index in [4.69, 9.17) is 4.98 Å². The minimum absolute atomic E-state index is 0.00174. The third-order valence-electron chi connectivity index (χ3n) is 6.30. The van der Waals surface area contributed by atoms with Gasteiger partial charge in [-0.05, 0) is 38.0 Å². The Morgan fingerprint density at radius 3 is 2.55 bits per heavy atom. The summed E-state index contributed by atoms with van der Waals surface area (Å²) in [5.41, 5.74) is 0.794. The molecular weight excluding hydrogens is 366 g/mol. The number of carbonyl (C=O) groups is 2. The topological polar surface area (TPSA) is 78.4 Å². The van der Waals surface area contributed by atoms with Crippen molar-refractivity contribution in [2.75, 3.05) is 26.0 Å². The van der Waals surface area contributed by atoms with Crippen LogP contribution in [-0.2, 0) is 16.1 Å². The molecule has 3 rings (SSSR count). The first-order valence-corrected chi connectivity index (χ1v) is 11.0. The minimum atomic E-state index is -0.0745. The average Bonchev–Trinajstić information content (AvgIpc) is 2.74. The van der Waals surface area contributed by atoms with Gasteiger partial charge in [0.1, 0.15) is 5.82 Å². The summed E-state index contributed by atoms with van der Waals surface area (Å²) in [5.74, 6) is 2.21. The van der Waals surface area contributed by atoms with Crippen LogP contribution in [0.15, 0.2) is 6.07 Å². The second kappa shape index (κ2) is 10.0. The number of amides is 2. The van der Waals surface area contributed by atoms with Crippen LogP contribution in [-0.4, -0.2) is 52.2 Å². The number of hydrogen-bond donors (Lipinski definition) is 1. The Labute approximate surface area is 174 Å². The van der Waals surface area contributed by atoms with Crippen LogP contribution in [0.25, 0.3) is 0 Å². The standard InChI is InChI=1S/C22H35N5O2/c1-16(28)26(3)15-18-14-20(23-2)25-22(24-18)19-11-7-8-12-27(19)21(29)13-17-9-5-4-6-10-17/h14,17,19H,4-13,15H2,1-3H3,(H,23,24,25). The summed E-state index contributed by atoms with van der Waals surface area (Å²) in [6.45, 7) is 2.77. The maximum absolute atomic E-state index is 13.2. The smallest absolute Gasteiger partial charge is 0.223 e. The third-order valence-corrected chi connectivity index (χ3v) is 6.30. The summed E-state index contributed by atoms with van der Waals surface area (Å²) < 4.78 is 0. The van der Waals surface area contributed by atoms with E-state index in [0.29, 0.717) is 24.7 Å². The Kier molecular flexibility index (Phi) is 7.45. The highest BCUT2D eigenvalue weighted by molar-refractivity contribution is 5.77. The highest BCUT2D eigenvalue weighted by Gasteiger charge is 2.32. The Balaban J connectivity index is 1.79. The third kappa shape index (κ3) is 5.67. The first kappa shape index (κ1) is 21.5. The average molecular weight is 402 g/mol. The Bertz CT molecular complexity index is 717. The van der Waals surface area contributed by atoms with Gasteiger partial charge >= 0.3 is 0 Å². The van der Waals surface area contributed by atoms with Crippen molar-refractivity contribution in [3.05, 3.63) is 17.6 Å². The van der Waals surface area contributed by atoms with E-state index in [9.17, 15) is 9.59 Å². The van der Waals surface area contributed by atoms with Crippen molar-refractivity contribution in [2.24, 2.45) is 5.92 Å². The van der Waals surface area contributed by atoms with Crippen molar-refractivity contribution in [1.29, 1.82) is 0 Å². The molecule has 0 aromatic carbocycles. The molecule has 160 valence electrons. The zero-order valence-corrected chi connectivity index (χ0v) is 18.1. The van der Waals surface area contributed by atoms with E-state index in [0.717, 1.165) is 37.3 Å². The lowest BCUT2D eigenvalue weighted by Crippen LogP contribution is -2.40.